The number of nitrogens with zero attached hydrogens (tertiary/aromatic N) is 1. The molecule has 0 atom stereocenters. The zero-order valence-corrected chi connectivity index (χ0v) is 13.1. The Morgan fingerprint density at radius 3 is 2.61 bits per heavy atom. The molecule has 0 bridgehead atoms. The van der Waals surface area contributed by atoms with E-state index < -0.39 is 0 Å². The van der Waals surface area contributed by atoms with Crippen molar-refractivity contribution in [2.45, 2.75) is 0 Å². The van der Waals surface area contributed by atoms with Gasteiger partial charge in [-0.15, -0.1) is 0 Å². The van der Waals surface area contributed by atoms with Crippen LogP contribution < -0.4 is 10.2 Å². The number of hydrazone groups is 1. The molecule has 0 aliphatic carbocycles. The van der Waals surface area contributed by atoms with Gasteiger partial charge in [0.15, 0.2) is 11.5 Å². The molecule has 2 aromatic rings. The van der Waals surface area contributed by atoms with Gasteiger partial charge in [0.25, 0.3) is 5.91 Å². The molecule has 0 aromatic heterocycles. The average Bonchev–Trinajstić information content (AvgIpc) is 2.56. The number of carbonyl (C=O) groups excluding carboxylic acids is 1. The van der Waals surface area contributed by atoms with Crippen LogP contribution in [-0.4, -0.2) is 24.3 Å². The Morgan fingerprint density at radius 1 is 1.22 bits per heavy atom. The molecule has 0 aliphatic rings. The van der Waals surface area contributed by atoms with Crippen LogP contribution >= 0.6 is 11.6 Å². The van der Waals surface area contributed by atoms with Gasteiger partial charge in [-0.1, -0.05) is 23.7 Å². The summed E-state index contributed by atoms with van der Waals surface area (Å²) in [5.41, 5.74) is 3.92. The lowest BCUT2D eigenvalue weighted by molar-refractivity contribution is -0.116. The number of hydrogen-bond donors (Lipinski definition) is 2. The van der Waals surface area contributed by atoms with Crippen LogP contribution in [0, 0.1) is 0 Å². The van der Waals surface area contributed by atoms with E-state index in [0.717, 1.165) is 5.56 Å². The Hall–Kier alpha value is -2.79. The van der Waals surface area contributed by atoms with E-state index in [-0.39, 0.29) is 11.7 Å². The number of hydrogen-bond acceptors (Lipinski definition) is 4. The number of phenolic OH excluding ortho intramolecular Hbond substituents is 1. The summed E-state index contributed by atoms with van der Waals surface area (Å²) in [4.78, 5) is 11.6. The maximum absolute atomic E-state index is 11.6. The molecular formula is C17H15ClN2O3. The number of carbonyl (C=O) groups is 1. The van der Waals surface area contributed by atoms with E-state index in [4.69, 9.17) is 16.3 Å². The minimum absolute atomic E-state index is 0.0413. The number of aromatic hydroxyl groups is 1. The Kier molecular flexibility index (Phi) is 5.77. The minimum atomic E-state index is -0.359. The van der Waals surface area contributed by atoms with Crippen LogP contribution in [0.25, 0.3) is 6.08 Å². The predicted molar refractivity (Wildman–Crippen MR) is 90.9 cm³/mol. The third-order valence-electron chi connectivity index (χ3n) is 2.89. The van der Waals surface area contributed by atoms with E-state index in [0.29, 0.717) is 16.3 Å². The van der Waals surface area contributed by atoms with Crippen molar-refractivity contribution in [2.24, 2.45) is 5.10 Å². The summed E-state index contributed by atoms with van der Waals surface area (Å²) in [6.45, 7) is 0. The molecule has 0 radical (unpaired) electrons. The number of halogens is 1. The SMILES string of the molecule is COc1cc(C=NNC(=O)C=Cc2ccc(Cl)cc2)ccc1O. The van der Waals surface area contributed by atoms with Gasteiger partial charge >= 0.3 is 0 Å². The van der Waals surface area contributed by atoms with Crippen molar-refractivity contribution in [1.82, 2.24) is 5.43 Å². The van der Waals surface area contributed by atoms with Gasteiger partial charge in [0, 0.05) is 11.1 Å². The van der Waals surface area contributed by atoms with Gasteiger partial charge in [-0.25, -0.2) is 5.43 Å². The van der Waals surface area contributed by atoms with Gasteiger partial charge in [0.2, 0.25) is 0 Å². The molecule has 2 aromatic carbocycles. The standard InChI is InChI=1S/C17H15ClN2O3/c1-23-16-10-13(4-8-15(16)21)11-19-20-17(22)9-5-12-2-6-14(18)7-3-12/h2-11,21H,1H3,(H,20,22). The molecule has 0 saturated carbocycles. The summed E-state index contributed by atoms with van der Waals surface area (Å²) in [6.07, 6.45) is 4.48. The summed E-state index contributed by atoms with van der Waals surface area (Å²) in [5, 5.41) is 14.0. The molecule has 2 rings (SSSR count). The first-order chi connectivity index (χ1) is 11.1. The van der Waals surface area contributed by atoms with Crippen LogP contribution in [0.3, 0.4) is 0 Å². The number of rotatable bonds is 5. The van der Waals surface area contributed by atoms with Crippen LogP contribution in [0.5, 0.6) is 11.5 Å². The van der Waals surface area contributed by atoms with Crippen molar-refractivity contribution < 1.29 is 14.6 Å². The van der Waals surface area contributed by atoms with Crippen LogP contribution in [0.2, 0.25) is 5.02 Å². The van der Waals surface area contributed by atoms with Gasteiger partial charge in [0.05, 0.1) is 13.3 Å². The summed E-state index contributed by atoms with van der Waals surface area (Å²) in [7, 11) is 1.46. The third-order valence-corrected chi connectivity index (χ3v) is 3.14. The fourth-order valence-corrected chi connectivity index (χ4v) is 1.85. The summed E-state index contributed by atoms with van der Waals surface area (Å²) < 4.78 is 4.99. The predicted octanol–water partition coefficient (Wildman–Crippen LogP) is 3.22. The molecule has 118 valence electrons. The quantitative estimate of drug-likeness (QED) is 0.502. The van der Waals surface area contributed by atoms with E-state index in [2.05, 4.69) is 10.5 Å². The van der Waals surface area contributed by atoms with Gasteiger partial charge < -0.3 is 9.84 Å². The highest BCUT2D eigenvalue weighted by Gasteiger charge is 2.00. The summed E-state index contributed by atoms with van der Waals surface area (Å²) in [6, 6.07) is 11.8. The van der Waals surface area contributed by atoms with Gasteiger partial charge in [-0.3, -0.25) is 4.79 Å². The number of methoxy groups -OCH3 is 1. The number of phenols is 1. The van der Waals surface area contributed by atoms with Crippen molar-refractivity contribution in [3.8, 4) is 11.5 Å². The van der Waals surface area contributed by atoms with Crippen molar-refractivity contribution >= 4 is 29.8 Å². The average molecular weight is 331 g/mol. The highest BCUT2D eigenvalue weighted by Crippen LogP contribution is 2.25. The summed E-state index contributed by atoms with van der Waals surface area (Å²) >= 11 is 5.79. The number of benzene rings is 2. The number of ether oxygens (including phenoxy) is 1. The molecule has 2 N–H and O–H groups in total. The lowest BCUT2D eigenvalue weighted by Crippen LogP contribution is -2.14. The van der Waals surface area contributed by atoms with Crippen LogP contribution in [0.4, 0.5) is 0 Å². The topological polar surface area (TPSA) is 70.9 Å². The van der Waals surface area contributed by atoms with Gasteiger partial charge in [-0.2, -0.15) is 5.10 Å². The zero-order chi connectivity index (χ0) is 16.7. The molecule has 0 saturated heterocycles. The van der Waals surface area contributed by atoms with Crippen molar-refractivity contribution in [2.75, 3.05) is 7.11 Å². The molecule has 5 nitrogen and oxygen atoms in total. The van der Waals surface area contributed by atoms with E-state index in [9.17, 15) is 9.90 Å². The second kappa shape index (κ2) is 8.00. The molecule has 6 heteroatoms. The number of nitrogens with one attached hydrogen (secondary N) is 1. The number of amides is 1. The Labute approximate surface area is 138 Å². The third kappa shape index (κ3) is 5.16. The first-order valence-corrected chi connectivity index (χ1v) is 7.10. The van der Waals surface area contributed by atoms with Crippen LogP contribution in [0.1, 0.15) is 11.1 Å². The Morgan fingerprint density at radius 2 is 1.91 bits per heavy atom. The minimum Gasteiger partial charge on any atom is -0.504 e. The first-order valence-electron chi connectivity index (χ1n) is 6.72. The summed E-state index contributed by atoms with van der Waals surface area (Å²) in [5.74, 6) is 0.0180. The van der Waals surface area contributed by atoms with E-state index >= 15 is 0 Å². The monoisotopic (exact) mass is 330 g/mol. The van der Waals surface area contributed by atoms with Crippen LogP contribution in [0.15, 0.2) is 53.6 Å². The molecular weight excluding hydrogens is 316 g/mol. The van der Waals surface area contributed by atoms with E-state index in [1.165, 1.54) is 25.5 Å². The molecule has 0 spiro atoms. The Balaban J connectivity index is 1.92. The Bertz CT molecular complexity index is 740. The first kappa shape index (κ1) is 16.6. The maximum Gasteiger partial charge on any atom is 0.264 e. The normalized spacial score (nSPS) is 11.0. The molecule has 0 aliphatic heterocycles. The van der Waals surface area contributed by atoms with Crippen molar-refractivity contribution in [3.05, 3.63) is 64.7 Å². The van der Waals surface area contributed by atoms with Crippen molar-refractivity contribution in [1.29, 1.82) is 0 Å². The van der Waals surface area contributed by atoms with E-state index in [1.807, 2.05) is 0 Å². The zero-order valence-electron chi connectivity index (χ0n) is 12.4. The van der Waals surface area contributed by atoms with Gasteiger partial charge in [-0.05, 0) is 47.5 Å². The highest BCUT2D eigenvalue weighted by molar-refractivity contribution is 6.30. The lowest BCUT2D eigenvalue weighted by Gasteiger charge is -2.03. The lowest BCUT2D eigenvalue weighted by atomic mass is 10.2. The maximum atomic E-state index is 11.6. The molecule has 1 amide bonds. The highest BCUT2D eigenvalue weighted by atomic mass is 35.5. The fraction of sp³-hybridized carbons (Fsp3) is 0.0588. The van der Waals surface area contributed by atoms with Gasteiger partial charge in [0.1, 0.15) is 0 Å². The van der Waals surface area contributed by atoms with Crippen LogP contribution in [-0.2, 0) is 4.79 Å². The molecule has 0 unspecified atom stereocenters. The fourth-order valence-electron chi connectivity index (χ4n) is 1.73. The van der Waals surface area contributed by atoms with Crippen molar-refractivity contribution in [3.63, 3.8) is 0 Å². The molecule has 23 heavy (non-hydrogen) atoms. The second-order valence-corrected chi connectivity index (χ2v) is 4.99. The smallest absolute Gasteiger partial charge is 0.264 e. The molecule has 0 heterocycles. The second-order valence-electron chi connectivity index (χ2n) is 4.55. The molecule has 0 fully saturated rings. The van der Waals surface area contributed by atoms with E-state index in [1.54, 1.807) is 42.5 Å². The largest absolute Gasteiger partial charge is 0.504 e.